The van der Waals surface area contributed by atoms with Gasteiger partial charge in [0.1, 0.15) is 12.2 Å². The molecular formula is C73H70O20. The van der Waals surface area contributed by atoms with Crippen LogP contribution in [-0.4, -0.2) is 142 Å². The summed E-state index contributed by atoms with van der Waals surface area (Å²) in [5.41, 5.74) is 0.671. The molecule has 0 N–H and O–H groups in total. The summed E-state index contributed by atoms with van der Waals surface area (Å²) in [5, 5.41) is 0. The van der Waals surface area contributed by atoms with Crippen molar-refractivity contribution in [2.75, 3.05) is 19.8 Å². The normalized spacial score (nSPS) is 25.8. The van der Waals surface area contributed by atoms with Gasteiger partial charge in [0.25, 0.3) is 0 Å². The Morgan fingerprint density at radius 1 is 0.323 bits per heavy atom. The molecule has 0 bridgehead atoms. The van der Waals surface area contributed by atoms with Crippen LogP contribution in [-0.2, 0) is 61.6 Å². The maximum Gasteiger partial charge on any atom is 0.338 e. The first-order valence-corrected chi connectivity index (χ1v) is 30.5. The molecule has 7 aromatic rings. The van der Waals surface area contributed by atoms with Gasteiger partial charge >= 0.3 is 41.8 Å². The molecule has 15 atom stereocenters. The molecule has 0 radical (unpaired) electrons. The van der Waals surface area contributed by atoms with Crippen LogP contribution in [0, 0.1) is 11.8 Å². The molecule has 0 aliphatic carbocycles. The van der Waals surface area contributed by atoms with Crippen molar-refractivity contribution in [3.05, 3.63) is 264 Å². The third-order valence-corrected chi connectivity index (χ3v) is 16.1. The fourth-order valence-corrected chi connectivity index (χ4v) is 11.0. The average molecular weight is 1270 g/mol. The Balaban J connectivity index is 1.08. The van der Waals surface area contributed by atoms with E-state index in [0.717, 1.165) is 0 Å². The summed E-state index contributed by atoms with van der Waals surface area (Å²) in [7, 11) is 0. The van der Waals surface area contributed by atoms with E-state index in [1.54, 1.807) is 140 Å². The maximum atomic E-state index is 14.7. The van der Waals surface area contributed by atoms with Gasteiger partial charge in [-0.3, -0.25) is 0 Å². The van der Waals surface area contributed by atoms with Gasteiger partial charge in [0.05, 0.1) is 64.9 Å². The molecule has 1 unspecified atom stereocenters. The minimum Gasteiger partial charge on any atom is -0.453 e. The Labute approximate surface area is 537 Å². The maximum absolute atomic E-state index is 14.7. The van der Waals surface area contributed by atoms with Crippen molar-refractivity contribution in [2.45, 2.75) is 107 Å². The quantitative estimate of drug-likeness (QED) is 0.0310. The molecule has 3 fully saturated rings. The highest BCUT2D eigenvalue weighted by Crippen LogP contribution is 2.39. The minimum atomic E-state index is -1.90. The largest absolute Gasteiger partial charge is 0.453 e. The second kappa shape index (κ2) is 32.1. The highest BCUT2D eigenvalue weighted by atomic mass is 16.8. The van der Waals surface area contributed by atoms with Crippen LogP contribution >= 0.6 is 0 Å². The van der Waals surface area contributed by atoms with Gasteiger partial charge in [-0.1, -0.05) is 154 Å². The van der Waals surface area contributed by atoms with E-state index in [-0.39, 0.29) is 57.4 Å². The number of ether oxygens (including phenoxy) is 13. The number of hydrogen-bond acceptors (Lipinski definition) is 20. The lowest BCUT2D eigenvalue weighted by Crippen LogP contribution is -2.65. The van der Waals surface area contributed by atoms with Crippen LogP contribution in [0.4, 0.5) is 0 Å². The molecule has 93 heavy (non-hydrogen) atoms. The van der Waals surface area contributed by atoms with E-state index in [1.165, 1.54) is 78.9 Å². The van der Waals surface area contributed by atoms with Crippen LogP contribution in [0.1, 0.15) is 99.7 Å². The molecule has 0 spiro atoms. The molecule has 482 valence electrons. The number of rotatable bonds is 24. The number of carbonyl (C=O) groups excluding carboxylic acids is 7. The minimum absolute atomic E-state index is 0.0388. The van der Waals surface area contributed by atoms with Crippen molar-refractivity contribution < 1.29 is 95.1 Å². The predicted molar refractivity (Wildman–Crippen MR) is 332 cm³/mol. The van der Waals surface area contributed by atoms with Crippen LogP contribution < -0.4 is 0 Å². The van der Waals surface area contributed by atoms with E-state index >= 15 is 0 Å². The molecule has 3 saturated heterocycles. The fourth-order valence-electron chi connectivity index (χ4n) is 11.0. The van der Waals surface area contributed by atoms with Gasteiger partial charge in [-0.15, -0.1) is 6.58 Å². The monoisotopic (exact) mass is 1270 g/mol. The lowest BCUT2D eigenvalue weighted by molar-refractivity contribution is -0.335. The first-order chi connectivity index (χ1) is 45.3. The zero-order valence-electron chi connectivity index (χ0n) is 51.1. The number of carbonyl (C=O) groups is 7. The molecule has 3 heterocycles. The van der Waals surface area contributed by atoms with Crippen molar-refractivity contribution in [1.29, 1.82) is 0 Å². The molecule has 3 aliphatic heterocycles. The summed E-state index contributed by atoms with van der Waals surface area (Å²) >= 11 is 0. The van der Waals surface area contributed by atoms with Gasteiger partial charge in [-0.2, -0.15) is 0 Å². The average Bonchev–Trinajstić information content (AvgIpc) is 0.803. The van der Waals surface area contributed by atoms with Gasteiger partial charge < -0.3 is 61.6 Å². The zero-order valence-corrected chi connectivity index (χ0v) is 51.1. The van der Waals surface area contributed by atoms with E-state index in [2.05, 4.69) is 6.58 Å². The molecule has 0 saturated carbocycles. The summed E-state index contributed by atoms with van der Waals surface area (Å²) in [5.74, 6) is -6.72. The zero-order chi connectivity index (χ0) is 65.2. The number of esters is 7. The molecule has 20 heteroatoms. The standard InChI is InChI=1S/C73H70O20/c1-5-42-81-72-62(92-69(79)52-38-24-12-25-39-52)60(90-67(77)50-34-20-10-21-35-50)58(88-65(75)48-30-16-8-17-31-48)55(85-72)44-83-73-63(93-70(80)53-40-26-13-27-41-53)61(91-68(78)51-36-22-11-23-37-51)59(89-66(76)49-32-18-9-19-33-49)56(86-73)43-82-71-57(46(4)45(3)54(6-2)84-71)87-64(74)47-28-14-7-15-29-47/h5,7-41,45-46,54-63,71-73H,1,6,42-44H2,2-4H3/t45-,46-,54+,55+,56+,57+,58+,59+,60-,61-,62+,63+,71+,72?,73+/m0/s1. The Morgan fingerprint density at radius 2 is 0.559 bits per heavy atom. The van der Waals surface area contributed by atoms with Crippen molar-refractivity contribution >= 4 is 41.8 Å². The Hall–Kier alpha value is -9.67. The predicted octanol–water partition coefficient (Wildman–Crippen LogP) is 10.7. The summed E-state index contributed by atoms with van der Waals surface area (Å²) in [6.07, 6.45) is -18.1. The second-order valence-corrected chi connectivity index (χ2v) is 22.2. The van der Waals surface area contributed by atoms with Gasteiger partial charge in [0.2, 0.25) is 0 Å². The molecular weight excluding hydrogens is 1200 g/mol. The van der Waals surface area contributed by atoms with E-state index < -0.39 is 135 Å². The molecule has 10 rings (SSSR count). The lowest BCUT2D eigenvalue weighted by atomic mass is 9.82. The van der Waals surface area contributed by atoms with Crippen molar-refractivity contribution in [1.82, 2.24) is 0 Å². The van der Waals surface area contributed by atoms with Crippen molar-refractivity contribution in [3.8, 4) is 0 Å². The molecule has 20 nitrogen and oxygen atoms in total. The van der Waals surface area contributed by atoms with Gasteiger partial charge in [0.15, 0.2) is 61.6 Å². The first kappa shape index (κ1) is 66.3. The second-order valence-electron chi connectivity index (χ2n) is 22.2. The fraction of sp³-hybridized carbons (Fsp3) is 0.301. The van der Waals surface area contributed by atoms with Gasteiger partial charge in [0, 0.05) is 5.92 Å². The summed E-state index contributed by atoms with van der Waals surface area (Å²) < 4.78 is 84.2. The smallest absolute Gasteiger partial charge is 0.338 e. The van der Waals surface area contributed by atoms with Crippen LogP contribution in [0.3, 0.4) is 0 Å². The van der Waals surface area contributed by atoms with Crippen LogP contribution in [0.5, 0.6) is 0 Å². The topological polar surface area (TPSA) is 239 Å². The Kier molecular flexibility index (Phi) is 22.8. The first-order valence-electron chi connectivity index (χ1n) is 30.5. The Morgan fingerprint density at radius 3 is 0.839 bits per heavy atom. The van der Waals surface area contributed by atoms with Gasteiger partial charge in [-0.25, -0.2) is 33.6 Å². The molecule has 0 aromatic heterocycles. The lowest BCUT2D eigenvalue weighted by Gasteiger charge is -2.47. The highest BCUT2D eigenvalue weighted by molar-refractivity contribution is 5.93. The van der Waals surface area contributed by atoms with Crippen LogP contribution in [0.15, 0.2) is 225 Å². The van der Waals surface area contributed by atoms with Gasteiger partial charge in [-0.05, 0) is 97.3 Å². The SMILES string of the molecule is C=CCOC1O[C@H](CO[C@@H]2O[C@H](CO[C@@H]3O[C@H](CC)[C@@H](C)[C@H](C)[C@H]3OC(=O)c3ccccc3)[C@@H](OC(=O)c3ccccc3)[C@H](OC(=O)c3ccccc3)[C@H]2OC(=O)c2ccccc2)[C@@H](OC(=O)c2ccccc2)[C@H](OC(=O)c2ccccc2)[C@H]1OC(=O)c1ccccc1. The van der Waals surface area contributed by atoms with E-state index in [9.17, 15) is 33.6 Å². The summed E-state index contributed by atoms with van der Waals surface area (Å²) in [6, 6.07) is 55.8. The third-order valence-electron chi connectivity index (χ3n) is 16.1. The van der Waals surface area contributed by atoms with Crippen LogP contribution in [0.2, 0.25) is 0 Å². The third kappa shape index (κ3) is 16.7. The van der Waals surface area contributed by atoms with Crippen molar-refractivity contribution in [3.63, 3.8) is 0 Å². The molecule has 7 aromatic carbocycles. The highest BCUT2D eigenvalue weighted by Gasteiger charge is 2.57. The number of benzene rings is 7. The van der Waals surface area contributed by atoms with E-state index in [0.29, 0.717) is 6.42 Å². The summed E-state index contributed by atoms with van der Waals surface area (Å²) in [6.45, 7) is 8.09. The summed E-state index contributed by atoms with van der Waals surface area (Å²) in [4.78, 5) is 101. The molecule has 3 aliphatic rings. The van der Waals surface area contributed by atoms with Crippen LogP contribution in [0.25, 0.3) is 0 Å². The van der Waals surface area contributed by atoms with E-state index in [1.807, 2.05) is 20.8 Å². The molecule has 0 amide bonds. The Bertz CT molecular complexity index is 3600. The number of hydrogen-bond donors (Lipinski definition) is 0. The van der Waals surface area contributed by atoms with Crippen molar-refractivity contribution in [2.24, 2.45) is 11.8 Å². The van der Waals surface area contributed by atoms with E-state index in [4.69, 9.17) is 61.6 Å².